The van der Waals surface area contributed by atoms with Crippen molar-refractivity contribution >= 4 is 11.3 Å². The van der Waals surface area contributed by atoms with E-state index in [1.807, 2.05) is 24.4 Å². The van der Waals surface area contributed by atoms with Gasteiger partial charge in [0, 0.05) is 11.3 Å². The molecule has 3 aromatic rings. The molecule has 0 aliphatic carbocycles. The largest absolute Gasteiger partial charge is 0.332 e. The second kappa shape index (κ2) is 5.09. The van der Waals surface area contributed by atoms with Crippen LogP contribution >= 0.6 is 11.3 Å². The molecule has 3 heterocycles. The van der Waals surface area contributed by atoms with Crippen molar-refractivity contribution in [3.8, 4) is 23.1 Å². The second-order valence-electron chi connectivity index (χ2n) is 4.71. The zero-order valence-electron chi connectivity index (χ0n) is 11.4. The van der Waals surface area contributed by atoms with Crippen LogP contribution in [-0.2, 0) is 0 Å². The Bertz CT molecular complexity index is 716. The lowest BCUT2D eigenvalue weighted by Gasteiger charge is -1.95. The number of rotatable bonds is 3. The van der Waals surface area contributed by atoms with Gasteiger partial charge in [-0.3, -0.25) is 0 Å². The molecule has 0 spiro atoms. The van der Waals surface area contributed by atoms with Crippen molar-refractivity contribution in [2.45, 2.75) is 26.7 Å². The molecule has 0 atom stereocenters. The molecule has 0 saturated heterocycles. The van der Waals surface area contributed by atoms with Crippen molar-refractivity contribution in [1.82, 2.24) is 25.3 Å². The summed E-state index contributed by atoms with van der Waals surface area (Å²) in [6.45, 7) is 6.08. The summed E-state index contributed by atoms with van der Waals surface area (Å²) < 4.78 is 5.24. The first-order valence-corrected chi connectivity index (χ1v) is 7.11. The average molecular weight is 287 g/mol. The van der Waals surface area contributed by atoms with Gasteiger partial charge in [-0.2, -0.15) is 10.1 Å². The summed E-state index contributed by atoms with van der Waals surface area (Å²) in [5.41, 5.74) is 2.14. The highest BCUT2D eigenvalue weighted by Gasteiger charge is 2.15. The van der Waals surface area contributed by atoms with Gasteiger partial charge in [-0.25, -0.2) is 4.98 Å². The fourth-order valence-corrected chi connectivity index (χ4v) is 2.41. The highest BCUT2D eigenvalue weighted by molar-refractivity contribution is 7.10. The molecule has 0 fully saturated rings. The Morgan fingerprint density at radius 3 is 2.60 bits per heavy atom. The summed E-state index contributed by atoms with van der Waals surface area (Å²) in [4.78, 5) is 8.80. The fourth-order valence-electron chi connectivity index (χ4n) is 1.60. The minimum atomic E-state index is 0.388. The van der Waals surface area contributed by atoms with Crippen LogP contribution in [0.25, 0.3) is 23.1 Å². The monoisotopic (exact) mass is 287 g/mol. The third-order valence-electron chi connectivity index (χ3n) is 2.69. The van der Waals surface area contributed by atoms with E-state index < -0.39 is 0 Å². The number of thiazole rings is 1. The van der Waals surface area contributed by atoms with Gasteiger partial charge in [0.2, 0.25) is 5.82 Å². The van der Waals surface area contributed by atoms with E-state index in [0.29, 0.717) is 29.0 Å². The normalized spacial score (nSPS) is 11.2. The van der Waals surface area contributed by atoms with Crippen molar-refractivity contribution in [2.24, 2.45) is 0 Å². The van der Waals surface area contributed by atoms with E-state index in [1.165, 1.54) is 0 Å². The topological polar surface area (TPSA) is 77.6 Å². The zero-order chi connectivity index (χ0) is 14.1. The van der Waals surface area contributed by atoms with Gasteiger partial charge >= 0.3 is 0 Å². The van der Waals surface area contributed by atoms with E-state index in [4.69, 9.17) is 4.52 Å². The third kappa shape index (κ3) is 2.44. The molecule has 6 nitrogen and oxygen atoms in total. The first kappa shape index (κ1) is 12.9. The number of hydrogen-bond donors (Lipinski definition) is 0. The maximum Gasteiger partial charge on any atom is 0.277 e. The number of aryl methyl sites for hydroxylation is 1. The SMILES string of the molecule is Cc1ccc(-c2noc(-c3csc(C(C)C)n3)n2)nn1. The van der Waals surface area contributed by atoms with Crippen LogP contribution in [-0.4, -0.2) is 25.3 Å². The molecule has 0 amide bonds. The first-order chi connectivity index (χ1) is 9.63. The van der Waals surface area contributed by atoms with Gasteiger partial charge in [0.1, 0.15) is 11.4 Å². The molecule has 0 saturated carbocycles. The Labute approximate surface area is 119 Å². The number of nitrogens with zero attached hydrogens (tertiary/aromatic N) is 5. The summed E-state index contributed by atoms with van der Waals surface area (Å²) >= 11 is 1.59. The van der Waals surface area contributed by atoms with Gasteiger partial charge in [0.25, 0.3) is 5.89 Å². The summed E-state index contributed by atoms with van der Waals surface area (Å²) in [5.74, 6) is 1.22. The zero-order valence-corrected chi connectivity index (χ0v) is 12.2. The minimum absolute atomic E-state index is 0.388. The quantitative estimate of drug-likeness (QED) is 0.736. The highest BCUT2D eigenvalue weighted by atomic mass is 32.1. The molecular formula is C13H13N5OS. The van der Waals surface area contributed by atoms with Gasteiger partial charge in [0.05, 0.1) is 10.7 Å². The third-order valence-corrected chi connectivity index (χ3v) is 3.83. The lowest BCUT2D eigenvalue weighted by Crippen LogP contribution is -1.91. The first-order valence-electron chi connectivity index (χ1n) is 6.23. The smallest absolute Gasteiger partial charge is 0.277 e. The summed E-state index contributed by atoms with van der Waals surface area (Å²) in [5, 5.41) is 14.9. The van der Waals surface area contributed by atoms with Crippen molar-refractivity contribution in [2.75, 3.05) is 0 Å². The van der Waals surface area contributed by atoms with Crippen LogP contribution in [0.4, 0.5) is 0 Å². The van der Waals surface area contributed by atoms with Crippen LogP contribution in [0, 0.1) is 6.92 Å². The van der Waals surface area contributed by atoms with Gasteiger partial charge in [-0.1, -0.05) is 19.0 Å². The Hall–Kier alpha value is -2.15. The van der Waals surface area contributed by atoms with Gasteiger partial charge in [-0.05, 0) is 19.1 Å². The molecule has 0 aliphatic heterocycles. The van der Waals surface area contributed by atoms with Gasteiger partial charge < -0.3 is 4.52 Å². The van der Waals surface area contributed by atoms with Crippen molar-refractivity contribution < 1.29 is 4.52 Å². The maximum atomic E-state index is 5.24. The lowest BCUT2D eigenvalue weighted by molar-refractivity contribution is 0.431. The molecule has 3 rings (SSSR count). The molecule has 0 N–H and O–H groups in total. The molecule has 0 bridgehead atoms. The summed E-state index contributed by atoms with van der Waals surface area (Å²) in [7, 11) is 0. The van der Waals surface area contributed by atoms with Crippen LogP contribution in [0.2, 0.25) is 0 Å². The van der Waals surface area contributed by atoms with Crippen LogP contribution in [0.5, 0.6) is 0 Å². The van der Waals surface area contributed by atoms with Crippen molar-refractivity contribution in [3.05, 3.63) is 28.2 Å². The Morgan fingerprint density at radius 1 is 1.10 bits per heavy atom. The molecule has 20 heavy (non-hydrogen) atoms. The van der Waals surface area contributed by atoms with Gasteiger partial charge in [0.15, 0.2) is 0 Å². The van der Waals surface area contributed by atoms with E-state index in [1.54, 1.807) is 11.3 Å². The Balaban J connectivity index is 1.91. The Kier molecular flexibility index (Phi) is 3.27. The van der Waals surface area contributed by atoms with Gasteiger partial charge in [-0.15, -0.1) is 16.4 Å². The second-order valence-corrected chi connectivity index (χ2v) is 5.60. The number of aromatic nitrogens is 5. The molecule has 7 heteroatoms. The van der Waals surface area contributed by atoms with E-state index in [0.717, 1.165) is 10.7 Å². The average Bonchev–Trinajstić information content (AvgIpc) is 3.08. The van der Waals surface area contributed by atoms with E-state index >= 15 is 0 Å². The molecule has 0 aromatic carbocycles. The highest BCUT2D eigenvalue weighted by Crippen LogP contribution is 2.26. The minimum Gasteiger partial charge on any atom is -0.332 e. The molecule has 0 aliphatic rings. The number of hydrogen-bond acceptors (Lipinski definition) is 7. The molecule has 0 unspecified atom stereocenters. The van der Waals surface area contributed by atoms with Crippen molar-refractivity contribution in [3.63, 3.8) is 0 Å². The predicted molar refractivity (Wildman–Crippen MR) is 75.3 cm³/mol. The Morgan fingerprint density at radius 2 is 1.95 bits per heavy atom. The van der Waals surface area contributed by atoms with E-state index in [-0.39, 0.29) is 0 Å². The standard InChI is InChI=1S/C13H13N5OS/c1-7(2)13-14-10(6-20-13)12-15-11(18-19-12)9-5-4-8(3)16-17-9/h4-7H,1-3H3. The van der Waals surface area contributed by atoms with Crippen LogP contribution in [0.1, 0.15) is 30.5 Å². The molecular weight excluding hydrogens is 274 g/mol. The van der Waals surface area contributed by atoms with E-state index in [2.05, 4.69) is 39.2 Å². The summed E-state index contributed by atoms with van der Waals surface area (Å²) in [6.07, 6.45) is 0. The van der Waals surface area contributed by atoms with Crippen LogP contribution < -0.4 is 0 Å². The predicted octanol–water partition coefficient (Wildman–Crippen LogP) is 3.08. The van der Waals surface area contributed by atoms with Crippen LogP contribution in [0.15, 0.2) is 22.0 Å². The molecule has 3 aromatic heterocycles. The van der Waals surface area contributed by atoms with Crippen molar-refractivity contribution in [1.29, 1.82) is 0 Å². The lowest BCUT2D eigenvalue weighted by atomic mass is 10.2. The maximum absolute atomic E-state index is 5.24. The molecule has 102 valence electrons. The summed E-state index contributed by atoms with van der Waals surface area (Å²) in [6, 6.07) is 3.68. The van der Waals surface area contributed by atoms with E-state index in [9.17, 15) is 0 Å². The van der Waals surface area contributed by atoms with Crippen LogP contribution in [0.3, 0.4) is 0 Å². The fraction of sp³-hybridized carbons (Fsp3) is 0.308. The molecule has 0 radical (unpaired) electrons.